The summed E-state index contributed by atoms with van der Waals surface area (Å²) in [6.07, 6.45) is 0.734. The average molecular weight is 229 g/mol. The quantitative estimate of drug-likeness (QED) is 0.572. The second-order valence-corrected chi connectivity index (χ2v) is 3.45. The molecule has 82 valence electrons. The van der Waals surface area contributed by atoms with Crippen molar-refractivity contribution in [1.82, 2.24) is 0 Å². The van der Waals surface area contributed by atoms with E-state index in [2.05, 4.69) is 4.74 Å². The Morgan fingerprint density at radius 3 is 2.93 bits per heavy atom. The molecule has 3 nitrogen and oxygen atoms in total. The predicted molar refractivity (Wildman–Crippen MR) is 58.0 cm³/mol. The largest absolute Gasteiger partial charge is 0.467 e. The van der Waals surface area contributed by atoms with Crippen molar-refractivity contribution in [1.29, 1.82) is 0 Å². The number of hydrogen-bond acceptors (Lipinski definition) is 3. The highest BCUT2D eigenvalue weighted by molar-refractivity contribution is 6.30. The molecule has 0 aliphatic rings. The van der Waals surface area contributed by atoms with Crippen LogP contribution in [-0.2, 0) is 20.7 Å². The van der Waals surface area contributed by atoms with Gasteiger partial charge in [0.25, 0.3) is 0 Å². The van der Waals surface area contributed by atoms with Crippen LogP contribution in [0.3, 0.4) is 0 Å². The van der Waals surface area contributed by atoms with Crippen LogP contribution in [0.5, 0.6) is 0 Å². The number of hydrogen-bond donors (Lipinski definition) is 0. The van der Waals surface area contributed by atoms with Crippen molar-refractivity contribution in [2.24, 2.45) is 0 Å². The van der Waals surface area contributed by atoms with Crippen molar-refractivity contribution in [2.75, 3.05) is 20.3 Å². The number of carbonyl (C=O) groups excluding carboxylic acids is 1. The first-order valence-corrected chi connectivity index (χ1v) is 4.99. The first-order chi connectivity index (χ1) is 7.22. The van der Waals surface area contributed by atoms with E-state index >= 15 is 0 Å². The van der Waals surface area contributed by atoms with Crippen molar-refractivity contribution in [3.63, 3.8) is 0 Å². The Morgan fingerprint density at radius 2 is 2.27 bits per heavy atom. The third kappa shape index (κ3) is 4.81. The fourth-order valence-electron chi connectivity index (χ4n) is 1.10. The SMILES string of the molecule is COC(=O)COCCc1cccc(Cl)c1. The molecular weight excluding hydrogens is 216 g/mol. The van der Waals surface area contributed by atoms with Gasteiger partial charge >= 0.3 is 5.97 Å². The average Bonchev–Trinajstić information content (AvgIpc) is 2.24. The normalized spacial score (nSPS) is 10.0. The zero-order valence-corrected chi connectivity index (χ0v) is 9.29. The summed E-state index contributed by atoms with van der Waals surface area (Å²) in [6.45, 7) is 0.479. The van der Waals surface area contributed by atoms with Gasteiger partial charge in [0.1, 0.15) is 6.61 Å². The summed E-state index contributed by atoms with van der Waals surface area (Å²) in [4.78, 5) is 10.7. The zero-order chi connectivity index (χ0) is 11.1. The highest BCUT2D eigenvalue weighted by atomic mass is 35.5. The van der Waals surface area contributed by atoms with Gasteiger partial charge in [0.2, 0.25) is 0 Å². The smallest absolute Gasteiger partial charge is 0.331 e. The molecule has 0 radical (unpaired) electrons. The van der Waals surface area contributed by atoms with Crippen LogP contribution in [0.25, 0.3) is 0 Å². The molecule has 0 spiro atoms. The van der Waals surface area contributed by atoms with Gasteiger partial charge in [0, 0.05) is 5.02 Å². The summed E-state index contributed by atoms with van der Waals surface area (Å²) in [5.74, 6) is -0.360. The molecule has 0 unspecified atom stereocenters. The van der Waals surface area contributed by atoms with Crippen LogP contribution in [0, 0.1) is 0 Å². The number of benzene rings is 1. The topological polar surface area (TPSA) is 35.5 Å². The number of halogens is 1. The van der Waals surface area contributed by atoms with Gasteiger partial charge in [-0.05, 0) is 24.1 Å². The highest BCUT2D eigenvalue weighted by Crippen LogP contribution is 2.10. The Morgan fingerprint density at radius 1 is 1.47 bits per heavy atom. The summed E-state index contributed by atoms with van der Waals surface area (Å²) >= 11 is 5.82. The number of ether oxygens (including phenoxy) is 2. The molecule has 0 aliphatic heterocycles. The van der Waals surface area contributed by atoms with Crippen LogP contribution in [0.15, 0.2) is 24.3 Å². The number of methoxy groups -OCH3 is 1. The molecule has 1 rings (SSSR count). The maximum absolute atomic E-state index is 10.7. The standard InChI is InChI=1S/C11H13ClO3/c1-14-11(13)8-15-6-5-9-3-2-4-10(12)7-9/h2-4,7H,5-6,8H2,1H3. The van der Waals surface area contributed by atoms with E-state index in [9.17, 15) is 4.79 Å². The van der Waals surface area contributed by atoms with E-state index in [-0.39, 0.29) is 12.6 Å². The van der Waals surface area contributed by atoms with Crippen molar-refractivity contribution in [2.45, 2.75) is 6.42 Å². The number of carbonyl (C=O) groups is 1. The van der Waals surface area contributed by atoms with E-state index in [1.165, 1.54) is 7.11 Å². The molecule has 0 aromatic heterocycles. The third-order valence-corrected chi connectivity index (χ3v) is 2.11. The van der Waals surface area contributed by atoms with E-state index < -0.39 is 0 Å². The first kappa shape index (κ1) is 12.0. The van der Waals surface area contributed by atoms with E-state index in [1.54, 1.807) is 0 Å². The Kier molecular flexibility index (Phi) is 5.15. The van der Waals surface area contributed by atoms with Gasteiger partial charge in [0.15, 0.2) is 0 Å². The molecule has 15 heavy (non-hydrogen) atoms. The molecule has 0 aliphatic carbocycles. The van der Waals surface area contributed by atoms with Crippen molar-refractivity contribution >= 4 is 17.6 Å². The molecule has 0 amide bonds. The van der Waals surface area contributed by atoms with Gasteiger partial charge in [0.05, 0.1) is 13.7 Å². The lowest BCUT2D eigenvalue weighted by Crippen LogP contribution is -2.11. The zero-order valence-electron chi connectivity index (χ0n) is 8.53. The molecule has 0 N–H and O–H groups in total. The Hall–Kier alpha value is -1.06. The van der Waals surface area contributed by atoms with Crippen molar-refractivity contribution in [3.05, 3.63) is 34.9 Å². The molecular formula is C11H13ClO3. The second-order valence-electron chi connectivity index (χ2n) is 3.01. The van der Waals surface area contributed by atoms with Crippen LogP contribution >= 0.6 is 11.6 Å². The fraction of sp³-hybridized carbons (Fsp3) is 0.364. The van der Waals surface area contributed by atoms with Crippen LogP contribution in [0.2, 0.25) is 5.02 Å². The second kappa shape index (κ2) is 6.43. The van der Waals surface area contributed by atoms with Crippen LogP contribution in [0.1, 0.15) is 5.56 Å². The minimum Gasteiger partial charge on any atom is -0.467 e. The van der Waals surface area contributed by atoms with Gasteiger partial charge in [-0.1, -0.05) is 23.7 Å². The van der Waals surface area contributed by atoms with E-state index in [1.807, 2.05) is 24.3 Å². The van der Waals surface area contributed by atoms with Gasteiger partial charge in [-0.3, -0.25) is 0 Å². The third-order valence-electron chi connectivity index (χ3n) is 1.87. The summed E-state index contributed by atoms with van der Waals surface area (Å²) < 4.78 is 9.55. The molecule has 4 heteroatoms. The summed E-state index contributed by atoms with van der Waals surface area (Å²) in [6, 6.07) is 7.55. The minimum atomic E-state index is -0.360. The molecule has 0 bridgehead atoms. The summed E-state index contributed by atoms with van der Waals surface area (Å²) in [5.41, 5.74) is 1.09. The lowest BCUT2D eigenvalue weighted by molar-refractivity contribution is -0.145. The van der Waals surface area contributed by atoms with Gasteiger partial charge in [-0.15, -0.1) is 0 Å². The van der Waals surface area contributed by atoms with E-state index in [0.717, 1.165) is 12.0 Å². The summed E-state index contributed by atoms with van der Waals surface area (Å²) in [5, 5.41) is 0.709. The monoisotopic (exact) mass is 228 g/mol. The molecule has 0 fully saturated rings. The van der Waals surface area contributed by atoms with Crippen LogP contribution < -0.4 is 0 Å². The molecule has 1 aromatic carbocycles. The molecule has 1 aromatic rings. The highest BCUT2D eigenvalue weighted by Gasteiger charge is 1.99. The van der Waals surface area contributed by atoms with Gasteiger partial charge in [-0.2, -0.15) is 0 Å². The van der Waals surface area contributed by atoms with Crippen LogP contribution in [-0.4, -0.2) is 26.3 Å². The molecule has 0 saturated carbocycles. The predicted octanol–water partition coefficient (Wildman–Crippen LogP) is 2.07. The Labute approximate surface area is 93.9 Å². The molecule has 0 heterocycles. The Bertz CT molecular complexity index is 325. The van der Waals surface area contributed by atoms with Gasteiger partial charge in [-0.25, -0.2) is 4.79 Å². The summed E-state index contributed by atoms with van der Waals surface area (Å²) in [7, 11) is 1.34. The van der Waals surface area contributed by atoms with Crippen molar-refractivity contribution < 1.29 is 14.3 Å². The Balaban J connectivity index is 2.23. The van der Waals surface area contributed by atoms with E-state index in [0.29, 0.717) is 11.6 Å². The maximum atomic E-state index is 10.7. The molecule has 0 saturated heterocycles. The van der Waals surface area contributed by atoms with Crippen molar-refractivity contribution in [3.8, 4) is 0 Å². The minimum absolute atomic E-state index is 0.00291. The fourth-order valence-corrected chi connectivity index (χ4v) is 1.31. The number of rotatable bonds is 5. The lowest BCUT2D eigenvalue weighted by atomic mass is 10.2. The van der Waals surface area contributed by atoms with Gasteiger partial charge < -0.3 is 9.47 Å². The molecule has 0 atom stereocenters. The van der Waals surface area contributed by atoms with E-state index in [4.69, 9.17) is 16.3 Å². The first-order valence-electron chi connectivity index (χ1n) is 4.61. The number of esters is 1. The van der Waals surface area contributed by atoms with Crippen LogP contribution in [0.4, 0.5) is 0 Å². The maximum Gasteiger partial charge on any atom is 0.331 e. The lowest BCUT2D eigenvalue weighted by Gasteiger charge is -2.03.